The summed E-state index contributed by atoms with van der Waals surface area (Å²) in [6, 6.07) is 0.179. The number of fused-ring (bicyclic) bond motifs is 4. The summed E-state index contributed by atoms with van der Waals surface area (Å²) in [6.45, 7) is 2.57. The summed E-state index contributed by atoms with van der Waals surface area (Å²) in [4.78, 5) is 6.30. The fraction of sp³-hybridized carbons (Fsp3) is 0.667. The number of pyridine rings is 1. The van der Waals surface area contributed by atoms with Gasteiger partial charge in [-0.1, -0.05) is 23.2 Å². The third kappa shape index (κ3) is 3.57. The van der Waals surface area contributed by atoms with Crippen LogP contribution in [0.2, 0.25) is 10.0 Å². The number of hydrogen-bond donors (Lipinski definition) is 0. The van der Waals surface area contributed by atoms with Crippen molar-refractivity contribution < 1.29 is 8.42 Å². The third-order valence-corrected chi connectivity index (χ3v) is 7.42. The molecule has 2 unspecified atom stereocenters. The largest absolute Gasteiger partial charge is 0.294 e. The molecule has 0 N–H and O–H groups in total. The summed E-state index contributed by atoms with van der Waals surface area (Å²) in [5.41, 5.74) is 0.864. The van der Waals surface area contributed by atoms with E-state index >= 15 is 0 Å². The molecule has 1 aromatic rings. The van der Waals surface area contributed by atoms with Crippen molar-refractivity contribution in [2.45, 2.75) is 25.4 Å². The van der Waals surface area contributed by atoms with Crippen LogP contribution in [-0.2, 0) is 16.8 Å². The van der Waals surface area contributed by atoms with Gasteiger partial charge in [-0.2, -0.15) is 17.0 Å². The molecule has 3 saturated heterocycles. The molecule has 0 saturated carbocycles. The zero-order valence-corrected chi connectivity index (χ0v) is 16.1. The number of nitrogens with zero attached hydrogens (tertiary/aromatic N) is 4. The fourth-order valence-electron chi connectivity index (χ4n) is 3.54. The Morgan fingerprint density at radius 1 is 1.17 bits per heavy atom. The van der Waals surface area contributed by atoms with Crippen molar-refractivity contribution in [3.05, 3.63) is 28.0 Å². The maximum atomic E-state index is 12.5. The van der Waals surface area contributed by atoms with Crippen molar-refractivity contribution in [3.63, 3.8) is 0 Å². The highest BCUT2D eigenvalue weighted by atomic mass is 35.5. The second-order valence-corrected chi connectivity index (χ2v) is 9.67. The summed E-state index contributed by atoms with van der Waals surface area (Å²) in [7, 11) is -0.224. The molecule has 4 heterocycles. The van der Waals surface area contributed by atoms with Gasteiger partial charge in [0.2, 0.25) is 0 Å². The summed E-state index contributed by atoms with van der Waals surface area (Å²) >= 11 is 12.5. The predicted octanol–water partition coefficient (Wildman–Crippen LogP) is 2.09. The molecule has 0 aliphatic carbocycles. The highest BCUT2D eigenvalue weighted by Gasteiger charge is 2.39. The lowest BCUT2D eigenvalue weighted by Gasteiger charge is -2.36. The van der Waals surface area contributed by atoms with E-state index in [4.69, 9.17) is 23.2 Å². The van der Waals surface area contributed by atoms with Gasteiger partial charge in [-0.05, 0) is 18.8 Å². The Balaban J connectivity index is 1.82. The lowest BCUT2D eigenvalue weighted by Crippen LogP contribution is -2.45. The van der Waals surface area contributed by atoms with E-state index in [0.717, 1.165) is 24.9 Å². The Morgan fingerprint density at radius 3 is 2.46 bits per heavy atom. The number of hydrogen-bond acceptors (Lipinski definition) is 4. The number of halogens is 2. The molecule has 9 heteroatoms. The van der Waals surface area contributed by atoms with Crippen molar-refractivity contribution >= 4 is 33.4 Å². The van der Waals surface area contributed by atoms with E-state index in [1.165, 1.54) is 4.31 Å². The first-order valence-electron chi connectivity index (χ1n) is 7.98. The summed E-state index contributed by atoms with van der Waals surface area (Å²) in [5, 5.41) is 1.11. The first-order chi connectivity index (χ1) is 11.3. The Hall–Kier alpha value is -0.440. The van der Waals surface area contributed by atoms with E-state index in [9.17, 15) is 8.42 Å². The van der Waals surface area contributed by atoms with E-state index < -0.39 is 10.2 Å². The van der Waals surface area contributed by atoms with Gasteiger partial charge >= 0.3 is 0 Å². The van der Waals surface area contributed by atoms with Gasteiger partial charge in [0, 0.05) is 64.3 Å². The highest BCUT2D eigenvalue weighted by molar-refractivity contribution is 7.86. The Morgan fingerprint density at radius 2 is 1.83 bits per heavy atom. The molecule has 0 spiro atoms. The minimum absolute atomic E-state index is 0.179. The van der Waals surface area contributed by atoms with E-state index in [0.29, 0.717) is 35.6 Å². The molecule has 6 nitrogen and oxygen atoms in total. The van der Waals surface area contributed by atoms with Crippen LogP contribution >= 0.6 is 23.2 Å². The van der Waals surface area contributed by atoms with Crippen molar-refractivity contribution in [2.24, 2.45) is 5.92 Å². The SMILES string of the molecule is CN(C)S(=O)(=O)N1CC2CCC(C1)N(Cc1c(Cl)cncc1Cl)C2. The van der Waals surface area contributed by atoms with Crippen LogP contribution in [-0.4, -0.2) is 66.7 Å². The monoisotopic (exact) mass is 392 g/mol. The summed E-state index contributed by atoms with van der Waals surface area (Å²) in [6.07, 6.45) is 5.24. The van der Waals surface area contributed by atoms with Crippen molar-refractivity contribution in [1.29, 1.82) is 0 Å². The van der Waals surface area contributed by atoms with Crippen LogP contribution in [0.3, 0.4) is 0 Å². The first-order valence-corrected chi connectivity index (χ1v) is 10.1. The van der Waals surface area contributed by atoms with Crippen LogP contribution in [0.25, 0.3) is 0 Å². The Bertz CT molecular complexity index is 693. The van der Waals surface area contributed by atoms with E-state index in [1.807, 2.05) is 0 Å². The van der Waals surface area contributed by atoms with Gasteiger partial charge in [0.25, 0.3) is 10.2 Å². The third-order valence-electron chi connectivity index (χ3n) is 4.89. The summed E-state index contributed by atoms with van der Waals surface area (Å²) in [5.74, 6) is 0.331. The quantitative estimate of drug-likeness (QED) is 0.786. The van der Waals surface area contributed by atoms with Crippen LogP contribution < -0.4 is 0 Å². The topological polar surface area (TPSA) is 56.8 Å². The van der Waals surface area contributed by atoms with Gasteiger partial charge in [0.15, 0.2) is 0 Å². The van der Waals surface area contributed by atoms with Gasteiger partial charge in [0.1, 0.15) is 0 Å². The van der Waals surface area contributed by atoms with Gasteiger partial charge in [0.05, 0.1) is 10.0 Å². The van der Waals surface area contributed by atoms with Gasteiger partial charge in [-0.15, -0.1) is 0 Å². The zero-order chi connectivity index (χ0) is 17.5. The van der Waals surface area contributed by atoms with Crippen molar-refractivity contribution in [2.75, 3.05) is 33.7 Å². The molecule has 0 radical (unpaired) electrons. The lowest BCUT2D eigenvalue weighted by molar-refractivity contribution is 0.125. The zero-order valence-electron chi connectivity index (χ0n) is 13.8. The average Bonchev–Trinajstić information content (AvgIpc) is 2.83. The van der Waals surface area contributed by atoms with Gasteiger partial charge < -0.3 is 0 Å². The molecule has 3 fully saturated rings. The average molecular weight is 393 g/mol. The standard InChI is InChI=1S/C15H22Cl2N4O2S/c1-19(2)24(22,23)21-8-11-3-4-12(9-21)20(7-11)10-13-14(16)5-18-6-15(13)17/h5-6,11-12H,3-4,7-10H2,1-2H3. The van der Waals surface area contributed by atoms with E-state index in [2.05, 4.69) is 9.88 Å². The molecular weight excluding hydrogens is 371 g/mol. The molecule has 0 amide bonds. The van der Waals surface area contributed by atoms with Crippen molar-refractivity contribution in [3.8, 4) is 0 Å². The molecule has 3 aliphatic heterocycles. The van der Waals surface area contributed by atoms with Gasteiger partial charge in [-0.3, -0.25) is 9.88 Å². The minimum Gasteiger partial charge on any atom is -0.294 e. The van der Waals surface area contributed by atoms with E-state index in [1.54, 1.807) is 30.8 Å². The molecule has 3 aliphatic rings. The normalized spacial score (nSPS) is 26.0. The number of aromatic nitrogens is 1. The molecule has 4 rings (SSSR count). The molecule has 24 heavy (non-hydrogen) atoms. The molecule has 134 valence electrons. The maximum Gasteiger partial charge on any atom is 0.281 e. The minimum atomic E-state index is -3.38. The van der Waals surface area contributed by atoms with Gasteiger partial charge in [-0.25, -0.2) is 0 Å². The Labute approximate surface area is 153 Å². The summed E-state index contributed by atoms with van der Waals surface area (Å²) < 4.78 is 27.9. The molecule has 1 aromatic heterocycles. The second kappa shape index (κ2) is 7.05. The molecule has 0 aromatic carbocycles. The maximum absolute atomic E-state index is 12.5. The predicted molar refractivity (Wildman–Crippen MR) is 95.4 cm³/mol. The van der Waals surface area contributed by atoms with Crippen LogP contribution in [0, 0.1) is 5.92 Å². The van der Waals surface area contributed by atoms with Crippen LogP contribution in [0.5, 0.6) is 0 Å². The molecular formula is C15H22Cl2N4O2S. The van der Waals surface area contributed by atoms with E-state index in [-0.39, 0.29) is 6.04 Å². The van der Waals surface area contributed by atoms with Crippen molar-refractivity contribution in [1.82, 2.24) is 18.5 Å². The Kier molecular flexibility index (Phi) is 5.39. The van der Waals surface area contributed by atoms with Crippen LogP contribution in [0.15, 0.2) is 12.4 Å². The molecule has 2 atom stereocenters. The lowest BCUT2D eigenvalue weighted by atomic mass is 9.94. The highest BCUT2D eigenvalue weighted by Crippen LogP contribution is 2.33. The van der Waals surface area contributed by atoms with Crippen LogP contribution in [0.1, 0.15) is 18.4 Å². The first kappa shape index (κ1) is 18.4. The smallest absolute Gasteiger partial charge is 0.281 e. The molecule has 2 bridgehead atoms. The second-order valence-electron chi connectivity index (χ2n) is 6.72. The van der Waals surface area contributed by atoms with Crippen LogP contribution in [0.4, 0.5) is 0 Å². The number of rotatable bonds is 4. The number of piperidine rings is 1. The fourth-order valence-corrected chi connectivity index (χ4v) is 5.25.